The maximum Gasteiger partial charge on any atom is 0.301 e. The summed E-state index contributed by atoms with van der Waals surface area (Å²) in [6.07, 6.45) is 0.876. The van der Waals surface area contributed by atoms with Crippen LogP contribution in [-0.2, 0) is 16.0 Å². The molecular weight excluding hydrogens is 484 g/mol. The molecule has 0 radical (unpaired) electrons. The number of anilines is 1. The number of aromatic nitrogens is 1. The summed E-state index contributed by atoms with van der Waals surface area (Å²) in [5.74, 6) is -1.14. The Labute approximate surface area is 211 Å². The number of aryl methyl sites for hydroxylation is 1. The standard InChI is InChI=1S/C27H21ClN2O4S/c1-3-15-4-13-20-21(14-15)35-27(29-20)30-23(16-7-11-19(34-2)12-8-16)22(25(32)26(30)33)24(31)17-5-9-18(28)10-6-17/h4-14,23,31H,3H2,1-2H3/t23-/m0/s1. The van der Waals surface area contributed by atoms with Crippen LogP contribution in [0.1, 0.15) is 29.7 Å². The maximum atomic E-state index is 13.4. The summed E-state index contributed by atoms with van der Waals surface area (Å²) in [7, 11) is 1.56. The van der Waals surface area contributed by atoms with Gasteiger partial charge in [0.2, 0.25) is 0 Å². The minimum Gasteiger partial charge on any atom is -0.507 e. The van der Waals surface area contributed by atoms with Crippen molar-refractivity contribution in [2.24, 2.45) is 0 Å². The Bertz CT molecular complexity index is 1480. The van der Waals surface area contributed by atoms with Gasteiger partial charge in [-0.15, -0.1) is 0 Å². The van der Waals surface area contributed by atoms with Crippen molar-refractivity contribution in [2.75, 3.05) is 12.0 Å². The molecule has 1 saturated heterocycles. The van der Waals surface area contributed by atoms with Gasteiger partial charge >= 0.3 is 5.91 Å². The highest BCUT2D eigenvalue weighted by atomic mass is 35.5. The van der Waals surface area contributed by atoms with Gasteiger partial charge < -0.3 is 9.84 Å². The zero-order valence-electron chi connectivity index (χ0n) is 19.0. The number of hydrogen-bond donors (Lipinski definition) is 1. The van der Waals surface area contributed by atoms with Crippen LogP contribution >= 0.6 is 22.9 Å². The minimum atomic E-state index is -0.859. The van der Waals surface area contributed by atoms with Gasteiger partial charge in [-0.3, -0.25) is 14.5 Å². The van der Waals surface area contributed by atoms with Crippen LogP contribution in [0.4, 0.5) is 5.13 Å². The molecule has 1 fully saturated rings. The largest absolute Gasteiger partial charge is 0.507 e. The second-order valence-electron chi connectivity index (χ2n) is 8.10. The zero-order chi connectivity index (χ0) is 24.7. The van der Waals surface area contributed by atoms with E-state index >= 15 is 0 Å². The Balaban J connectivity index is 1.70. The third-order valence-corrected chi connectivity index (χ3v) is 7.32. The molecule has 6 nitrogen and oxygen atoms in total. The van der Waals surface area contributed by atoms with E-state index in [-0.39, 0.29) is 11.3 Å². The normalized spacial score (nSPS) is 17.3. The molecule has 5 rings (SSSR count). The van der Waals surface area contributed by atoms with Crippen molar-refractivity contribution < 1.29 is 19.4 Å². The molecule has 1 N–H and O–H groups in total. The number of ether oxygens (including phenoxy) is 1. The highest BCUT2D eigenvalue weighted by molar-refractivity contribution is 7.22. The topological polar surface area (TPSA) is 79.7 Å². The highest BCUT2D eigenvalue weighted by Crippen LogP contribution is 2.44. The number of carbonyl (C=O) groups is 2. The van der Waals surface area contributed by atoms with Crippen molar-refractivity contribution in [2.45, 2.75) is 19.4 Å². The molecule has 4 aromatic rings. The van der Waals surface area contributed by atoms with Gasteiger partial charge in [-0.05, 0) is 66.1 Å². The number of fused-ring (bicyclic) bond motifs is 1. The number of amides is 1. The van der Waals surface area contributed by atoms with E-state index in [2.05, 4.69) is 11.9 Å². The van der Waals surface area contributed by atoms with Crippen LogP contribution in [0, 0.1) is 0 Å². The van der Waals surface area contributed by atoms with Crippen molar-refractivity contribution in [1.82, 2.24) is 4.98 Å². The molecule has 1 aromatic heterocycles. The predicted octanol–water partition coefficient (Wildman–Crippen LogP) is 6.15. The van der Waals surface area contributed by atoms with Crippen LogP contribution < -0.4 is 9.64 Å². The third-order valence-electron chi connectivity index (χ3n) is 6.05. The first-order chi connectivity index (χ1) is 16.9. The van der Waals surface area contributed by atoms with Crippen LogP contribution in [0.5, 0.6) is 5.75 Å². The molecule has 0 spiro atoms. The number of aliphatic hydroxyl groups excluding tert-OH is 1. The van der Waals surface area contributed by atoms with Gasteiger partial charge in [0.1, 0.15) is 11.5 Å². The van der Waals surface area contributed by atoms with E-state index in [1.165, 1.54) is 16.2 Å². The quantitative estimate of drug-likeness (QED) is 0.200. The molecule has 8 heteroatoms. The lowest BCUT2D eigenvalue weighted by molar-refractivity contribution is -0.132. The maximum absolute atomic E-state index is 13.4. The Hall–Kier alpha value is -3.68. The van der Waals surface area contributed by atoms with Gasteiger partial charge in [-0.25, -0.2) is 4.98 Å². The van der Waals surface area contributed by atoms with Crippen molar-refractivity contribution in [3.05, 3.63) is 94.0 Å². The van der Waals surface area contributed by atoms with E-state index in [0.717, 1.165) is 22.2 Å². The first-order valence-electron chi connectivity index (χ1n) is 11.0. The van der Waals surface area contributed by atoms with Crippen molar-refractivity contribution in [1.29, 1.82) is 0 Å². The van der Waals surface area contributed by atoms with Crippen LogP contribution in [0.3, 0.4) is 0 Å². The molecule has 0 aliphatic carbocycles. The fraction of sp³-hybridized carbons (Fsp3) is 0.148. The SMILES string of the molecule is CCc1ccc2nc(N3C(=O)C(=O)C(=C(O)c4ccc(Cl)cc4)[C@@H]3c3ccc(OC)cc3)sc2c1. The number of hydrogen-bond acceptors (Lipinski definition) is 6. The van der Waals surface area contributed by atoms with E-state index in [1.807, 2.05) is 18.2 Å². The lowest BCUT2D eigenvalue weighted by Gasteiger charge is -2.23. The lowest BCUT2D eigenvalue weighted by atomic mass is 9.95. The Kier molecular flexibility index (Phi) is 6.05. The molecule has 1 atom stereocenters. The Morgan fingerprint density at radius 1 is 1.09 bits per heavy atom. The van der Waals surface area contributed by atoms with Crippen LogP contribution in [0.15, 0.2) is 72.3 Å². The number of rotatable bonds is 5. The first kappa shape index (κ1) is 23.1. The number of benzene rings is 3. The molecule has 0 bridgehead atoms. The van der Waals surface area contributed by atoms with Gasteiger partial charge in [0.15, 0.2) is 5.13 Å². The predicted molar refractivity (Wildman–Crippen MR) is 138 cm³/mol. The van der Waals surface area contributed by atoms with Crippen LogP contribution in [0.25, 0.3) is 16.0 Å². The molecule has 1 aliphatic rings. The number of carbonyl (C=O) groups excluding carboxylic acids is 2. The average molecular weight is 505 g/mol. The second kappa shape index (κ2) is 9.17. The van der Waals surface area contributed by atoms with E-state index in [9.17, 15) is 14.7 Å². The molecular formula is C27H21ClN2O4S. The summed E-state index contributed by atoms with van der Waals surface area (Å²) < 4.78 is 6.19. The van der Waals surface area contributed by atoms with Crippen LogP contribution in [-0.4, -0.2) is 28.9 Å². The number of ketones is 1. The van der Waals surface area contributed by atoms with Gasteiger partial charge in [0, 0.05) is 10.6 Å². The smallest absolute Gasteiger partial charge is 0.301 e. The summed E-state index contributed by atoms with van der Waals surface area (Å²) in [5.41, 5.74) is 2.94. The fourth-order valence-corrected chi connectivity index (χ4v) is 5.36. The molecule has 176 valence electrons. The number of halogens is 1. The molecule has 1 amide bonds. The summed E-state index contributed by atoms with van der Waals surface area (Å²) >= 11 is 7.34. The van der Waals surface area contributed by atoms with Crippen molar-refractivity contribution >= 4 is 55.7 Å². The molecule has 2 heterocycles. The molecule has 0 saturated carbocycles. The minimum absolute atomic E-state index is 0.00371. The van der Waals surface area contributed by atoms with E-state index in [0.29, 0.717) is 27.0 Å². The highest BCUT2D eigenvalue weighted by Gasteiger charge is 2.48. The van der Waals surface area contributed by atoms with E-state index < -0.39 is 17.7 Å². The van der Waals surface area contributed by atoms with Gasteiger partial charge in [-0.1, -0.05) is 48.1 Å². The van der Waals surface area contributed by atoms with E-state index in [4.69, 9.17) is 16.3 Å². The lowest BCUT2D eigenvalue weighted by Crippen LogP contribution is -2.29. The van der Waals surface area contributed by atoms with E-state index in [1.54, 1.807) is 55.6 Å². The second-order valence-corrected chi connectivity index (χ2v) is 9.55. The van der Waals surface area contributed by atoms with Crippen molar-refractivity contribution in [3.63, 3.8) is 0 Å². The summed E-state index contributed by atoms with van der Waals surface area (Å²) in [6.45, 7) is 2.07. The zero-order valence-corrected chi connectivity index (χ0v) is 20.6. The molecule has 0 unspecified atom stereocenters. The fourth-order valence-electron chi connectivity index (χ4n) is 4.17. The number of methoxy groups -OCH3 is 1. The molecule has 3 aromatic carbocycles. The molecule has 35 heavy (non-hydrogen) atoms. The number of aliphatic hydroxyl groups is 1. The Morgan fingerprint density at radius 2 is 1.80 bits per heavy atom. The monoisotopic (exact) mass is 504 g/mol. The summed E-state index contributed by atoms with van der Waals surface area (Å²) in [4.78, 5) is 32.7. The van der Waals surface area contributed by atoms with Crippen molar-refractivity contribution in [3.8, 4) is 5.75 Å². The van der Waals surface area contributed by atoms with Crippen LogP contribution in [0.2, 0.25) is 5.02 Å². The number of thiazole rings is 1. The molecule has 1 aliphatic heterocycles. The Morgan fingerprint density at radius 3 is 2.46 bits per heavy atom. The summed E-state index contributed by atoms with van der Waals surface area (Å²) in [6, 6.07) is 18.6. The third kappa shape index (κ3) is 4.07. The summed E-state index contributed by atoms with van der Waals surface area (Å²) in [5, 5.41) is 12.1. The van der Waals surface area contributed by atoms with Gasteiger partial charge in [0.05, 0.1) is 28.9 Å². The number of Topliss-reactive ketones (excluding diaryl/α,β-unsaturated/α-hetero) is 1. The number of nitrogens with zero attached hydrogens (tertiary/aromatic N) is 2. The van der Waals surface area contributed by atoms with Gasteiger partial charge in [0.25, 0.3) is 5.78 Å². The first-order valence-corrected chi connectivity index (χ1v) is 12.2. The van der Waals surface area contributed by atoms with Gasteiger partial charge in [-0.2, -0.15) is 0 Å². The average Bonchev–Trinajstić information content (AvgIpc) is 3.41.